The van der Waals surface area contributed by atoms with E-state index < -0.39 is 5.82 Å². The lowest BCUT2D eigenvalue weighted by molar-refractivity contribution is 0.0176. The number of aromatic nitrogens is 5. The summed E-state index contributed by atoms with van der Waals surface area (Å²) in [4.78, 5) is 34.4. The van der Waals surface area contributed by atoms with Crippen LogP contribution in [0.4, 0.5) is 14.6 Å². The Morgan fingerprint density at radius 3 is 2.69 bits per heavy atom. The van der Waals surface area contributed by atoms with Gasteiger partial charge in [-0.1, -0.05) is 13.0 Å². The van der Waals surface area contributed by atoms with Gasteiger partial charge >= 0.3 is 6.01 Å². The SMILES string of the molecule is CCc1c(F)ccc2cc(OCOC)cc(-c3ncc4c(N5CCCn6nc(C(=O)N7CCNCC7)cc6C5)nc(OCC5(CN6CC7C[C@H]6CO7)CC5)nc4c3F)c12. The van der Waals surface area contributed by atoms with Crippen molar-refractivity contribution in [3.8, 4) is 23.0 Å². The van der Waals surface area contributed by atoms with E-state index >= 15 is 8.78 Å². The lowest BCUT2D eigenvalue weighted by atomic mass is 9.94. The molecule has 7 heterocycles. The van der Waals surface area contributed by atoms with Crippen LogP contribution in [0.5, 0.6) is 11.8 Å². The number of morpholine rings is 1. The number of rotatable bonds is 12. The number of piperazine rings is 1. The molecule has 16 heteroatoms. The predicted octanol–water partition coefficient (Wildman–Crippen LogP) is 4.95. The molecule has 3 saturated heterocycles. The minimum absolute atomic E-state index is 0.0104. The molecule has 1 saturated carbocycles. The number of likely N-dealkylation sites (tertiary alicyclic amines) is 1. The summed E-state index contributed by atoms with van der Waals surface area (Å²) in [5.41, 5.74) is 2.13. The van der Waals surface area contributed by atoms with Crippen LogP contribution >= 0.6 is 0 Å². The Hall–Kier alpha value is -5.03. The molecule has 1 aliphatic carbocycles. The summed E-state index contributed by atoms with van der Waals surface area (Å²) in [5, 5.41) is 9.68. The molecule has 2 bridgehead atoms. The fourth-order valence-electron chi connectivity index (χ4n) is 9.37. The number of hydrogen-bond acceptors (Lipinski definition) is 12. The second-order valence-corrected chi connectivity index (χ2v) is 16.6. The normalized spacial score (nSPS) is 21.3. The maximum absolute atomic E-state index is 17.5. The highest BCUT2D eigenvalue weighted by Crippen LogP contribution is 2.48. The first kappa shape index (κ1) is 38.2. The van der Waals surface area contributed by atoms with Crippen LogP contribution in [0, 0.1) is 17.0 Å². The summed E-state index contributed by atoms with van der Waals surface area (Å²) >= 11 is 0. The van der Waals surface area contributed by atoms with Crippen LogP contribution in [0.15, 0.2) is 36.5 Å². The molecule has 4 fully saturated rings. The Bertz CT molecular complexity index is 2420. The van der Waals surface area contributed by atoms with Gasteiger partial charge < -0.3 is 34.1 Å². The van der Waals surface area contributed by atoms with E-state index in [2.05, 4.69) is 15.1 Å². The number of carbonyl (C=O) groups excluding carboxylic acids is 1. The van der Waals surface area contributed by atoms with Gasteiger partial charge in [0.25, 0.3) is 5.91 Å². The number of nitrogens with zero attached hydrogens (tertiary/aromatic N) is 8. The number of anilines is 1. The van der Waals surface area contributed by atoms with E-state index in [9.17, 15) is 4.79 Å². The molecule has 4 aliphatic heterocycles. The first-order valence-corrected chi connectivity index (χ1v) is 20.8. The molecular weight excluding hydrogens is 761 g/mol. The molecule has 5 aliphatic rings. The van der Waals surface area contributed by atoms with Crippen LogP contribution in [0.25, 0.3) is 32.9 Å². The van der Waals surface area contributed by atoms with Gasteiger partial charge in [0, 0.05) is 82.7 Å². The maximum Gasteiger partial charge on any atom is 0.319 e. The standard InChI is InChI=1S/C43H49F2N9O5/c1-3-31-34(44)6-5-26-15-29(59-25-56-2)18-32(36(26)31)38-37(45)39-33(19-47-38)40(49-42(48-39)58-24-43(7-8-43)23-53-21-30-16-28(53)22-57-30)52-11-4-12-54-27(20-52)17-35(50-54)41(55)51-13-9-46-10-14-51/h5-6,15,17-19,28,30,46H,3-4,7-14,16,20-25H2,1-2H3/t28-,30?/m0/s1. The van der Waals surface area contributed by atoms with Crippen molar-refractivity contribution in [2.45, 2.75) is 64.3 Å². The fourth-order valence-corrected chi connectivity index (χ4v) is 9.37. The first-order chi connectivity index (χ1) is 28.8. The van der Waals surface area contributed by atoms with Crippen molar-refractivity contribution in [2.75, 3.05) is 77.8 Å². The van der Waals surface area contributed by atoms with Crippen LogP contribution < -0.4 is 19.7 Å². The average Bonchev–Trinajstić information content (AvgIpc) is 3.52. The Kier molecular flexibility index (Phi) is 10.1. The van der Waals surface area contributed by atoms with Crippen molar-refractivity contribution < 1.29 is 32.5 Å². The third-order valence-corrected chi connectivity index (χ3v) is 12.7. The minimum atomic E-state index is -0.675. The Labute approximate surface area is 340 Å². The lowest BCUT2D eigenvalue weighted by Gasteiger charge is -2.30. The number of hydrogen-bond donors (Lipinski definition) is 1. The van der Waals surface area contributed by atoms with E-state index in [1.807, 2.05) is 22.6 Å². The summed E-state index contributed by atoms with van der Waals surface area (Å²) in [6.45, 7) is 9.22. The van der Waals surface area contributed by atoms with E-state index in [-0.39, 0.29) is 41.2 Å². The molecule has 2 atom stereocenters. The van der Waals surface area contributed by atoms with Crippen LogP contribution in [-0.4, -0.2) is 126 Å². The molecule has 1 amide bonds. The number of methoxy groups -OCH3 is 1. The molecule has 1 N–H and O–H groups in total. The Morgan fingerprint density at radius 1 is 1.07 bits per heavy atom. The molecule has 3 aromatic heterocycles. The molecule has 59 heavy (non-hydrogen) atoms. The molecular formula is C43H49F2N9O5. The van der Waals surface area contributed by atoms with Gasteiger partial charge in [0.05, 0.1) is 36.9 Å². The van der Waals surface area contributed by atoms with E-state index in [1.54, 1.807) is 24.4 Å². The number of halogens is 2. The summed E-state index contributed by atoms with van der Waals surface area (Å²) in [5.74, 6) is -0.228. The lowest BCUT2D eigenvalue weighted by Crippen LogP contribution is -2.46. The smallest absolute Gasteiger partial charge is 0.319 e. The van der Waals surface area contributed by atoms with Gasteiger partial charge in [0.1, 0.15) is 28.6 Å². The minimum Gasteiger partial charge on any atom is -0.468 e. The first-order valence-electron chi connectivity index (χ1n) is 20.8. The third-order valence-electron chi connectivity index (χ3n) is 12.7. The van der Waals surface area contributed by atoms with Crippen LogP contribution in [0.3, 0.4) is 0 Å². The predicted molar refractivity (Wildman–Crippen MR) is 216 cm³/mol. The van der Waals surface area contributed by atoms with E-state index in [4.69, 9.17) is 39.0 Å². The summed E-state index contributed by atoms with van der Waals surface area (Å²) < 4.78 is 58.1. The van der Waals surface area contributed by atoms with Gasteiger partial charge in [0.15, 0.2) is 18.3 Å². The zero-order chi connectivity index (χ0) is 40.3. The second-order valence-electron chi connectivity index (χ2n) is 16.6. The number of pyridine rings is 1. The van der Waals surface area contributed by atoms with Gasteiger partial charge in [0.2, 0.25) is 0 Å². The van der Waals surface area contributed by atoms with Crippen molar-refractivity contribution in [2.24, 2.45) is 5.41 Å². The monoisotopic (exact) mass is 809 g/mol. The number of carbonyl (C=O) groups is 1. The molecule has 0 radical (unpaired) electrons. The number of ether oxygens (including phenoxy) is 4. The number of amides is 1. The second kappa shape index (κ2) is 15.5. The zero-order valence-electron chi connectivity index (χ0n) is 33.5. The average molecular weight is 810 g/mol. The van der Waals surface area contributed by atoms with Crippen molar-refractivity contribution in [3.05, 3.63) is 65.1 Å². The molecule has 10 rings (SSSR count). The molecule has 5 aromatic rings. The van der Waals surface area contributed by atoms with E-state index in [0.717, 1.165) is 57.7 Å². The Morgan fingerprint density at radius 2 is 1.93 bits per heavy atom. The summed E-state index contributed by atoms with van der Waals surface area (Å²) in [6.07, 6.45) is 6.14. The Balaban J connectivity index is 1.05. The summed E-state index contributed by atoms with van der Waals surface area (Å²) in [7, 11) is 1.52. The van der Waals surface area contributed by atoms with Crippen LogP contribution in [-0.2, 0) is 29.0 Å². The van der Waals surface area contributed by atoms with Gasteiger partial charge in [-0.25, -0.2) is 8.78 Å². The molecule has 14 nitrogen and oxygen atoms in total. The van der Waals surface area contributed by atoms with Crippen molar-refractivity contribution in [1.82, 2.24) is 39.8 Å². The molecule has 0 spiro atoms. The maximum atomic E-state index is 17.5. The highest BCUT2D eigenvalue weighted by atomic mass is 19.1. The zero-order valence-corrected chi connectivity index (χ0v) is 33.5. The van der Waals surface area contributed by atoms with Crippen LogP contribution in [0.1, 0.15) is 54.4 Å². The van der Waals surface area contributed by atoms with Gasteiger partial charge in [-0.15, -0.1) is 0 Å². The highest BCUT2D eigenvalue weighted by molar-refractivity contribution is 6.02. The highest BCUT2D eigenvalue weighted by Gasteiger charge is 2.49. The summed E-state index contributed by atoms with van der Waals surface area (Å²) in [6, 6.07) is 8.95. The van der Waals surface area contributed by atoms with Crippen molar-refractivity contribution >= 4 is 33.4 Å². The fraction of sp³-hybridized carbons (Fsp3) is 0.512. The third kappa shape index (κ3) is 7.23. The molecule has 310 valence electrons. The largest absolute Gasteiger partial charge is 0.468 e. The number of aryl methyl sites for hydroxylation is 2. The van der Waals surface area contributed by atoms with Gasteiger partial charge in [-0.05, 0) is 72.7 Å². The van der Waals surface area contributed by atoms with Gasteiger partial charge in [-0.3, -0.25) is 19.4 Å². The quantitative estimate of drug-likeness (QED) is 0.171. The molecule has 2 aromatic carbocycles. The van der Waals surface area contributed by atoms with Crippen LogP contribution in [0.2, 0.25) is 0 Å². The van der Waals surface area contributed by atoms with Crippen molar-refractivity contribution in [3.63, 3.8) is 0 Å². The van der Waals surface area contributed by atoms with E-state index in [1.165, 1.54) is 13.2 Å². The van der Waals surface area contributed by atoms with E-state index in [0.29, 0.717) is 109 Å². The number of nitrogens with one attached hydrogen (secondary N) is 1. The number of benzene rings is 2. The topological polar surface area (TPSA) is 132 Å². The van der Waals surface area contributed by atoms with Gasteiger partial charge in [-0.2, -0.15) is 15.1 Å². The van der Waals surface area contributed by atoms with Crippen molar-refractivity contribution in [1.29, 1.82) is 0 Å². The number of fused-ring (bicyclic) bond motifs is 5. The molecule has 1 unspecified atom stereocenters.